The first-order valence-corrected chi connectivity index (χ1v) is 20.8. The van der Waals surface area contributed by atoms with E-state index < -0.39 is 48.6 Å². The van der Waals surface area contributed by atoms with Gasteiger partial charge in [0.2, 0.25) is 0 Å². The van der Waals surface area contributed by atoms with Gasteiger partial charge in [-0.2, -0.15) is 26.3 Å². The number of esters is 2. The summed E-state index contributed by atoms with van der Waals surface area (Å²) in [6.07, 6.45) is -8.78. The molecule has 2 atom stereocenters. The fraction of sp³-hybridized carbons (Fsp3) is 0.208. The Morgan fingerprint density at radius 3 is 1.34 bits per heavy atom. The average molecular weight is 875 g/mol. The number of carbonyl (C=O) groups is 2. The van der Waals surface area contributed by atoms with Crippen LogP contribution in [0.2, 0.25) is 0 Å². The second-order valence-corrected chi connectivity index (χ2v) is 17.0. The standard InChI is InChI=1S/C48H40F6O5S2/c1-29-24-41(60-31(3)33-8-10-34(11-9-33)35-12-16-39(17-13-35)47(49,50)51)20-22-43(29)57-27-45(55)59-46(56)28-58-44-23-21-42(25-30(44)2)61-32(4)37-6-5-7-38(26-37)36-14-18-40(19-15-36)48(52,53)54/h5-26,31-32H,27-28H2,1-4H3. The second-order valence-electron chi connectivity index (χ2n) is 14.2. The maximum Gasteiger partial charge on any atom is 0.416 e. The lowest BCUT2D eigenvalue weighted by Crippen LogP contribution is -2.23. The fourth-order valence-corrected chi connectivity index (χ4v) is 8.51. The molecule has 2 unspecified atom stereocenters. The summed E-state index contributed by atoms with van der Waals surface area (Å²) in [4.78, 5) is 26.8. The van der Waals surface area contributed by atoms with Crippen molar-refractivity contribution in [3.8, 4) is 33.8 Å². The summed E-state index contributed by atoms with van der Waals surface area (Å²) in [6, 6.07) is 36.5. The second kappa shape index (κ2) is 19.4. The number of alkyl halides is 6. The molecule has 316 valence electrons. The molecule has 13 heteroatoms. The molecule has 5 nitrogen and oxygen atoms in total. The summed E-state index contributed by atoms with van der Waals surface area (Å²) in [7, 11) is 0. The van der Waals surface area contributed by atoms with Crippen LogP contribution in [0, 0.1) is 13.8 Å². The zero-order valence-corrected chi connectivity index (χ0v) is 35.0. The molecule has 0 bridgehead atoms. The molecule has 0 heterocycles. The lowest BCUT2D eigenvalue weighted by atomic mass is 10.0. The highest BCUT2D eigenvalue weighted by molar-refractivity contribution is 7.99. The number of rotatable bonds is 14. The van der Waals surface area contributed by atoms with E-state index in [1.54, 1.807) is 35.7 Å². The quantitative estimate of drug-likeness (QED) is 0.0467. The smallest absolute Gasteiger partial charge is 0.416 e. The van der Waals surface area contributed by atoms with Crippen molar-refractivity contribution in [3.63, 3.8) is 0 Å². The van der Waals surface area contributed by atoms with Gasteiger partial charge in [-0.25, -0.2) is 9.59 Å². The van der Waals surface area contributed by atoms with Crippen molar-refractivity contribution in [2.45, 2.75) is 60.3 Å². The summed E-state index contributed by atoms with van der Waals surface area (Å²) in [6.45, 7) is 6.77. The fourth-order valence-electron chi connectivity index (χ4n) is 6.34. The van der Waals surface area contributed by atoms with E-state index in [1.807, 2.05) is 100 Å². The van der Waals surface area contributed by atoms with Gasteiger partial charge < -0.3 is 14.2 Å². The molecule has 6 aromatic carbocycles. The first-order chi connectivity index (χ1) is 28.9. The van der Waals surface area contributed by atoms with Crippen LogP contribution < -0.4 is 9.47 Å². The minimum absolute atomic E-state index is 0.0114. The van der Waals surface area contributed by atoms with Crippen LogP contribution in [0.4, 0.5) is 26.3 Å². The molecule has 0 N–H and O–H groups in total. The highest BCUT2D eigenvalue weighted by atomic mass is 32.2. The molecular formula is C48H40F6O5S2. The highest BCUT2D eigenvalue weighted by Crippen LogP contribution is 2.40. The Labute approximate surface area is 358 Å². The molecule has 0 spiro atoms. The van der Waals surface area contributed by atoms with E-state index >= 15 is 0 Å². The Balaban J connectivity index is 0.935. The van der Waals surface area contributed by atoms with Crippen LogP contribution in [-0.4, -0.2) is 25.2 Å². The molecule has 0 fully saturated rings. The Bertz CT molecular complexity index is 2470. The van der Waals surface area contributed by atoms with Gasteiger partial charge in [-0.3, -0.25) is 0 Å². The van der Waals surface area contributed by atoms with E-state index in [9.17, 15) is 35.9 Å². The number of benzene rings is 6. The van der Waals surface area contributed by atoms with Crippen molar-refractivity contribution in [2.75, 3.05) is 13.2 Å². The number of halogens is 6. The SMILES string of the molecule is Cc1cc(SC(C)c2ccc(-c3ccc(C(F)(F)F)cc3)cc2)ccc1OCC(=O)OC(=O)COc1ccc(SC(C)c2cccc(-c3ccc(C(F)(F)F)cc3)c2)cc1C. The van der Waals surface area contributed by atoms with E-state index in [0.29, 0.717) is 22.6 Å². The lowest BCUT2D eigenvalue weighted by molar-refractivity contribution is -0.162. The molecule has 0 saturated carbocycles. The van der Waals surface area contributed by atoms with Crippen LogP contribution in [0.5, 0.6) is 11.5 Å². The van der Waals surface area contributed by atoms with Gasteiger partial charge in [0, 0.05) is 20.3 Å². The molecule has 6 rings (SSSR count). The Morgan fingerprint density at radius 2 is 0.918 bits per heavy atom. The lowest BCUT2D eigenvalue weighted by Gasteiger charge is -2.15. The Hall–Kier alpha value is -5.66. The van der Waals surface area contributed by atoms with Crippen LogP contribution >= 0.6 is 23.5 Å². The summed E-state index contributed by atoms with van der Waals surface area (Å²) in [5, 5.41) is 0.0690. The molecule has 6 aromatic rings. The normalized spacial score (nSPS) is 12.7. The summed E-state index contributed by atoms with van der Waals surface area (Å²) < 4.78 is 94.1. The molecule has 0 amide bonds. The maximum atomic E-state index is 13.0. The third kappa shape index (κ3) is 12.2. The maximum absolute atomic E-state index is 13.0. The van der Waals surface area contributed by atoms with E-state index in [-0.39, 0.29) is 10.5 Å². The largest absolute Gasteiger partial charge is 0.482 e. The Morgan fingerprint density at radius 1 is 0.508 bits per heavy atom. The van der Waals surface area contributed by atoms with Crippen LogP contribution in [0.3, 0.4) is 0 Å². The van der Waals surface area contributed by atoms with E-state index in [1.165, 1.54) is 24.3 Å². The molecule has 0 aromatic heterocycles. The highest BCUT2D eigenvalue weighted by Gasteiger charge is 2.31. The van der Waals surface area contributed by atoms with E-state index in [4.69, 9.17) is 14.2 Å². The minimum Gasteiger partial charge on any atom is -0.482 e. The van der Waals surface area contributed by atoms with Crippen LogP contribution in [0.1, 0.15) is 57.7 Å². The monoisotopic (exact) mass is 874 g/mol. The topological polar surface area (TPSA) is 61.8 Å². The predicted octanol–water partition coefficient (Wildman–Crippen LogP) is 13.9. The number of hydrogen-bond acceptors (Lipinski definition) is 7. The number of carbonyl (C=O) groups excluding carboxylic acids is 2. The van der Waals surface area contributed by atoms with Gasteiger partial charge >= 0.3 is 24.3 Å². The van der Waals surface area contributed by atoms with E-state index in [0.717, 1.165) is 67.4 Å². The van der Waals surface area contributed by atoms with Gasteiger partial charge in [0.15, 0.2) is 13.2 Å². The number of thioether (sulfide) groups is 2. The van der Waals surface area contributed by atoms with Gasteiger partial charge in [0.25, 0.3) is 0 Å². The van der Waals surface area contributed by atoms with Gasteiger partial charge in [-0.05, 0) is 133 Å². The van der Waals surface area contributed by atoms with Crippen molar-refractivity contribution in [2.24, 2.45) is 0 Å². The molecule has 0 saturated heterocycles. The van der Waals surface area contributed by atoms with Crippen LogP contribution in [0.25, 0.3) is 22.3 Å². The van der Waals surface area contributed by atoms with Crippen molar-refractivity contribution >= 4 is 35.5 Å². The van der Waals surface area contributed by atoms with Crippen molar-refractivity contribution in [3.05, 3.63) is 167 Å². The molecule has 61 heavy (non-hydrogen) atoms. The van der Waals surface area contributed by atoms with Crippen LogP contribution in [-0.2, 0) is 26.7 Å². The van der Waals surface area contributed by atoms with Gasteiger partial charge in [-0.15, -0.1) is 23.5 Å². The van der Waals surface area contributed by atoms with Gasteiger partial charge in [-0.1, -0.05) is 72.8 Å². The first-order valence-electron chi connectivity index (χ1n) is 19.0. The van der Waals surface area contributed by atoms with Crippen molar-refractivity contribution < 1.29 is 50.1 Å². The average Bonchev–Trinajstić information content (AvgIpc) is 3.22. The third-order valence-corrected chi connectivity index (χ3v) is 12.0. The molecule has 0 aliphatic rings. The molecular weight excluding hydrogens is 835 g/mol. The minimum atomic E-state index is -4.40. The number of hydrogen-bond donors (Lipinski definition) is 0. The predicted molar refractivity (Wildman–Crippen MR) is 227 cm³/mol. The molecule has 0 aliphatic carbocycles. The molecule has 0 radical (unpaired) electrons. The summed E-state index contributed by atoms with van der Waals surface area (Å²) >= 11 is 3.20. The number of aryl methyl sites for hydroxylation is 2. The van der Waals surface area contributed by atoms with Crippen molar-refractivity contribution in [1.82, 2.24) is 0 Å². The first kappa shape index (κ1) is 44.9. The summed E-state index contributed by atoms with van der Waals surface area (Å²) in [5.74, 6) is -0.856. The van der Waals surface area contributed by atoms with Crippen LogP contribution in [0.15, 0.2) is 143 Å². The molecule has 0 aliphatic heterocycles. The Kier molecular flexibility index (Phi) is 14.3. The zero-order valence-electron chi connectivity index (χ0n) is 33.4. The van der Waals surface area contributed by atoms with Gasteiger partial charge in [0.05, 0.1) is 11.1 Å². The van der Waals surface area contributed by atoms with E-state index in [2.05, 4.69) is 0 Å². The zero-order chi connectivity index (χ0) is 43.9. The summed E-state index contributed by atoms with van der Waals surface area (Å²) in [5.41, 5.74) is 5.19. The van der Waals surface area contributed by atoms with Crippen molar-refractivity contribution in [1.29, 1.82) is 0 Å². The number of ether oxygens (including phenoxy) is 3. The third-order valence-electron chi connectivity index (χ3n) is 9.66. The van der Waals surface area contributed by atoms with Gasteiger partial charge in [0.1, 0.15) is 11.5 Å².